The normalized spacial score (nSPS) is 28.1. The Balaban J connectivity index is 2.04. The molecule has 0 spiro atoms. The van der Waals surface area contributed by atoms with Gasteiger partial charge in [0.1, 0.15) is 0 Å². The van der Waals surface area contributed by atoms with E-state index in [1.807, 2.05) is 0 Å². The third kappa shape index (κ3) is 2.64. The molecule has 0 saturated heterocycles. The van der Waals surface area contributed by atoms with E-state index in [1.54, 1.807) is 0 Å². The van der Waals surface area contributed by atoms with E-state index in [2.05, 4.69) is 43.0 Å². The summed E-state index contributed by atoms with van der Waals surface area (Å²) in [5.74, 6) is 0. The van der Waals surface area contributed by atoms with Crippen LogP contribution < -0.4 is 0 Å². The maximum atomic E-state index is 4.22. The highest BCUT2D eigenvalue weighted by atomic mass is 14.2. The van der Waals surface area contributed by atoms with Crippen LogP contribution >= 0.6 is 0 Å². The molecule has 0 unspecified atom stereocenters. The van der Waals surface area contributed by atoms with Crippen LogP contribution in [0.4, 0.5) is 0 Å². The van der Waals surface area contributed by atoms with Crippen molar-refractivity contribution in [1.82, 2.24) is 0 Å². The Hall–Kier alpha value is -1.56. The minimum Gasteiger partial charge on any atom is -0.0995 e. The van der Waals surface area contributed by atoms with Gasteiger partial charge in [-0.15, -0.1) is 0 Å². The Morgan fingerprint density at radius 1 is 0.833 bits per heavy atom. The Morgan fingerprint density at radius 3 is 2.39 bits per heavy atom. The Labute approximate surface area is 110 Å². The van der Waals surface area contributed by atoms with Crippen LogP contribution in [0.2, 0.25) is 0 Å². The maximum Gasteiger partial charge on any atom is -0.0105 e. The van der Waals surface area contributed by atoms with Gasteiger partial charge < -0.3 is 0 Å². The third-order valence-electron chi connectivity index (χ3n) is 3.99. The van der Waals surface area contributed by atoms with Crippen molar-refractivity contribution >= 4 is 0 Å². The van der Waals surface area contributed by atoms with Crippen molar-refractivity contribution in [3.8, 4) is 0 Å². The van der Waals surface area contributed by atoms with E-state index in [0.29, 0.717) is 0 Å². The first-order chi connectivity index (χ1) is 8.79. The van der Waals surface area contributed by atoms with Crippen LogP contribution in [0, 0.1) is 0 Å². The molecule has 0 N–H and O–H groups in total. The van der Waals surface area contributed by atoms with Gasteiger partial charge in [-0.3, -0.25) is 0 Å². The summed E-state index contributed by atoms with van der Waals surface area (Å²) in [4.78, 5) is 0. The van der Waals surface area contributed by atoms with E-state index < -0.39 is 0 Å². The van der Waals surface area contributed by atoms with Crippen molar-refractivity contribution in [2.75, 3.05) is 0 Å². The average Bonchev–Trinajstić information content (AvgIpc) is 2.40. The first-order valence-electron chi connectivity index (χ1n) is 6.92. The summed E-state index contributed by atoms with van der Waals surface area (Å²) in [5.41, 5.74) is 7.31. The van der Waals surface area contributed by atoms with E-state index in [0.717, 1.165) is 25.7 Å². The lowest BCUT2D eigenvalue weighted by molar-refractivity contribution is 0.861. The summed E-state index contributed by atoms with van der Waals surface area (Å²) in [5, 5.41) is 0. The maximum absolute atomic E-state index is 4.22. The van der Waals surface area contributed by atoms with E-state index in [9.17, 15) is 0 Å². The van der Waals surface area contributed by atoms with Crippen LogP contribution in [-0.2, 0) is 0 Å². The summed E-state index contributed by atoms with van der Waals surface area (Å²) >= 11 is 0. The van der Waals surface area contributed by atoms with Gasteiger partial charge in [-0.05, 0) is 49.7 Å². The Bertz CT molecular complexity index is 518. The molecule has 4 aliphatic rings. The summed E-state index contributed by atoms with van der Waals surface area (Å²) in [6.45, 7) is 4.22. The van der Waals surface area contributed by atoms with Gasteiger partial charge in [0, 0.05) is 0 Å². The highest BCUT2D eigenvalue weighted by molar-refractivity contribution is 5.41. The number of hydrogen-bond donors (Lipinski definition) is 0. The van der Waals surface area contributed by atoms with Gasteiger partial charge in [0.05, 0.1) is 0 Å². The lowest BCUT2D eigenvalue weighted by Crippen LogP contribution is -1.95. The van der Waals surface area contributed by atoms with Gasteiger partial charge in [-0.25, -0.2) is 0 Å². The fourth-order valence-corrected chi connectivity index (χ4v) is 2.83. The van der Waals surface area contributed by atoms with Gasteiger partial charge in [0.2, 0.25) is 0 Å². The monoisotopic (exact) mass is 236 g/mol. The number of allylic oxidation sites excluding steroid dienone is 11. The van der Waals surface area contributed by atoms with Crippen molar-refractivity contribution in [3.05, 3.63) is 70.9 Å². The minimum atomic E-state index is 1.08. The molecule has 0 radical (unpaired) electrons. The summed E-state index contributed by atoms with van der Waals surface area (Å²) in [7, 11) is 0. The van der Waals surface area contributed by atoms with E-state index in [-0.39, 0.29) is 0 Å². The zero-order valence-corrected chi connectivity index (χ0v) is 10.9. The first kappa shape index (κ1) is 11.5. The second-order valence-corrected chi connectivity index (χ2v) is 5.53. The molecule has 0 heterocycles. The molecule has 0 aliphatic heterocycles. The fourth-order valence-electron chi connectivity index (χ4n) is 2.83. The molecule has 0 saturated carbocycles. The van der Waals surface area contributed by atoms with E-state index in [4.69, 9.17) is 0 Å². The van der Waals surface area contributed by atoms with Crippen molar-refractivity contribution < 1.29 is 0 Å². The summed E-state index contributed by atoms with van der Waals surface area (Å²) < 4.78 is 0. The first-order valence-corrected chi connectivity index (χ1v) is 6.92. The molecule has 92 valence electrons. The van der Waals surface area contributed by atoms with Crippen LogP contribution in [0.25, 0.3) is 0 Å². The van der Waals surface area contributed by atoms with E-state index >= 15 is 0 Å². The van der Waals surface area contributed by atoms with Crippen LogP contribution in [0.3, 0.4) is 0 Å². The smallest absolute Gasteiger partial charge is 0.0105 e. The van der Waals surface area contributed by atoms with Crippen molar-refractivity contribution in [2.45, 2.75) is 38.5 Å². The van der Waals surface area contributed by atoms with Gasteiger partial charge in [0.15, 0.2) is 0 Å². The van der Waals surface area contributed by atoms with Gasteiger partial charge >= 0.3 is 0 Å². The van der Waals surface area contributed by atoms with Crippen LogP contribution in [0.15, 0.2) is 70.9 Å². The molecule has 0 aromatic carbocycles. The number of rotatable bonds is 0. The second-order valence-electron chi connectivity index (χ2n) is 5.53. The van der Waals surface area contributed by atoms with Gasteiger partial charge in [0.25, 0.3) is 0 Å². The lowest BCUT2D eigenvalue weighted by atomic mass is 9.91. The molecule has 4 aliphatic carbocycles. The third-order valence-corrected chi connectivity index (χ3v) is 3.99. The van der Waals surface area contributed by atoms with Crippen molar-refractivity contribution in [3.63, 3.8) is 0 Å². The predicted molar refractivity (Wildman–Crippen MR) is 78.3 cm³/mol. The quantitative estimate of drug-likeness (QED) is 0.508. The van der Waals surface area contributed by atoms with Crippen molar-refractivity contribution in [2.24, 2.45) is 0 Å². The van der Waals surface area contributed by atoms with Crippen LogP contribution in [-0.4, -0.2) is 0 Å². The summed E-state index contributed by atoms with van der Waals surface area (Å²) in [6.07, 6.45) is 20.8. The lowest BCUT2D eigenvalue weighted by Gasteiger charge is -2.14. The van der Waals surface area contributed by atoms with Crippen LogP contribution in [0.1, 0.15) is 38.5 Å². The largest absolute Gasteiger partial charge is 0.0995 e. The predicted octanol–water partition coefficient (Wildman–Crippen LogP) is 5.19. The Kier molecular flexibility index (Phi) is 3.19. The number of hydrogen-bond acceptors (Lipinski definition) is 0. The molecule has 18 heavy (non-hydrogen) atoms. The zero-order chi connectivity index (χ0) is 12.4. The standard InChI is InChI=1S/C18H20/c1-14-2-3-15-4-5-16-6-9-17(10-7-16)13-18(12-14)11-8-15/h4-6,8-9,13H,1-3,7,10-12H2/b5-4-,15-8?,18-13+. The molecule has 0 aromatic rings. The molecule has 0 atom stereocenters. The van der Waals surface area contributed by atoms with Crippen LogP contribution in [0.5, 0.6) is 0 Å². The minimum absolute atomic E-state index is 1.08. The van der Waals surface area contributed by atoms with E-state index in [1.165, 1.54) is 40.7 Å². The molecule has 0 fully saturated rings. The average molecular weight is 236 g/mol. The highest BCUT2D eigenvalue weighted by Crippen LogP contribution is 2.30. The fraction of sp³-hybridized carbons (Fsp3) is 0.333. The molecule has 4 rings (SSSR count). The summed E-state index contributed by atoms with van der Waals surface area (Å²) in [6, 6.07) is 0. The SMILES string of the molecule is C=C1CCC2=CC/C(=C\C3=CC=C(/C=C\2)CC3)C1. The second kappa shape index (κ2) is 4.97. The van der Waals surface area contributed by atoms with Gasteiger partial charge in [-0.2, -0.15) is 0 Å². The zero-order valence-electron chi connectivity index (χ0n) is 10.9. The topological polar surface area (TPSA) is 0 Å². The van der Waals surface area contributed by atoms with Crippen molar-refractivity contribution in [1.29, 1.82) is 0 Å². The molecule has 0 heteroatoms. The van der Waals surface area contributed by atoms with Gasteiger partial charge in [-0.1, -0.05) is 59.8 Å². The molecular weight excluding hydrogens is 216 g/mol. The molecule has 4 bridgehead atoms. The molecular formula is C18H20. The highest BCUT2D eigenvalue weighted by Gasteiger charge is 2.10. The molecule has 0 aromatic heterocycles. The number of fused-ring (bicyclic) bond motifs is 2. The Morgan fingerprint density at radius 2 is 1.56 bits per heavy atom. The molecule has 0 amide bonds. The molecule has 0 nitrogen and oxygen atoms in total.